The summed E-state index contributed by atoms with van der Waals surface area (Å²) in [5.41, 5.74) is -0.0826. The normalized spacial score (nSPS) is 11.8. The maximum Gasteiger partial charge on any atom is 0.343 e. The minimum absolute atomic E-state index is 0.00741. The molecular formula is C18H24FNO3. The molecule has 0 fully saturated rings. The second-order valence-corrected chi connectivity index (χ2v) is 5.43. The number of carbonyl (C=O) groups is 1. The fourth-order valence-electron chi connectivity index (χ4n) is 2.38. The molecule has 0 aliphatic heterocycles. The standard InChI is InChI=1S/C18H24FNO3/c1-4-5-6-7-11-14(21)16(18(22)23-3)17(20)15-12(2)9-8-10-13(15)19/h8-10,20-21H,4-7,11H2,1-3H3/b16-14+,20-17?. The highest BCUT2D eigenvalue weighted by atomic mass is 19.1. The van der Waals surface area contributed by atoms with Crippen LogP contribution >= 0.6 is 0 Å². The lowest BCUT2D eigenvalue weighted by Gasteiger charge is -2.13. The lowest BCUT2D eigenvalue weighted by molar-refractivity contribution is -0.135. The van der Waals surface area contributed by atoms with Crippen molar-refractivity contribution in [2.75, 3.05) is 7.11 Å². The van der Waals surface area contributed by atoms with Gasteiger partial charge in [0, 0.05) is 12.0 Å². The highest BCUT2D eigenvalue weighted by Gasteiger charge is 2.25. The van der Waals surface area contributed by atoms with Gasteiger partial charge in [-0.1, -0.05) is 38.3 Å². The van der Waals surface area contributed by atoms with Gasteiger partial charge in [-0.25, -0.2) is 9.18 Å². The summed E-state index contributed by atoms with van der Waals surface area (Å²) in [6.07, 6.45) is 3.97. The van der Waals surface area contributed by atoms with Crippen molar-refractivity contribution in [3.63, 3.8) is 0 Å². The van der Waals surface area contributed by atoms with Crippen molar-refractivity contribution in [3.8, 4) is 0 Å². The molecule has 1 rings (SSSR count). The second-order valence-electron chi connectivity index (χ2n) is 5.43. The van der Waals surface area contributed by atoms with Gasteiger partial charge in [0.15, 0.2) is 0 Å². The number of aliphatic hydroxyl groups is 1. The zero-order valence-corrected chi connectivity index (χ0v) is 13.9. The van der Waals surface area contributed by atoms with E-state index in [-0.39, 0.29) is 29.0 Å². The van der Waals surface area contributed by atoms with Crippen LogP contribution in [0.2, 0.25) is 0 Å². The Morgan fingerprint density at radius 2 is 2.00 bits per heavy atom. The summed E-state index contributed by atoms with van der Waals surface area (Å²) in [7, 11) is 1.17. The van der Waals surface area contributed by atoms with Crippen LogP contribution in [-0.2, 0) is 9.53 Å². The van der Waals surface area contributed by atoms with Crippen LogP contribution in [0.3, 0.4) is 0 Å². The van der Waals surface area contributed by atoms with E-state index in [4.69, 9.17) is 5.41 Å². The van der Waals surface area contributed by atoms with E-state index in [0.29, 0.717) is 12.0 Å². The Bertz CT molecular complexity index is 588. The van der Waals surface area contributed by atoms with Crippen molar-refractivity contribution < 1.29 is 19.0 Å². The molecule has 126 valence electrons. The molecule has 0 aliphatic rings. The number of allylic oxidation sites excluding steroid dienone is 1. The zero-order chi connectivity index (χ0) is 17.4. The number of carbonyl (C=O) groups excluding carboxylic acids is 1. The Hall–Kier alpha value is -2.17. The largest absolute Gasteiger partial charge is 0.511 e. The number of aliphatic hydroxyl groups excluding tert-OH is 1. The molecule has 1 aromatic carbocycles. The molecule has 0 heterocycles. The Kier molecular flexibility index (Phi) is 7.45. The molecule has 0 spiro atoms. The highest BCUT2D eigenvalue weighted by Crippen LogP contribution is 2.21. The van der Waals surface area contributed by atoms with Crippen molar-refractivity contribution in [2.45, 2.75) is 46.0 Å². The van der Waals surface area contributed by atoms with Gasteiger partial charge in [0.1, 0.15) is 17.1 Å². The van der Waals surface area contributed by atoms with Crippen LogP contribution in [0.15, 0.2) is 29.5 Å². The Morgan fingerprint density at radius 1 is 1.30 bits per heavy atom. The predicted octanol–water partition coefficient (Wildman–Crippen LogP) is 4.46. The lowest BCUT2D eigenvalue weighted by atomic mass is 9.95. The summed E-state index contributed by atoms with van der Waals surface area (Å²) in [6, 6.07) is 4.41. The van der Waals surface area contributed by atoms with Crippen LogP contribution in [-0.4, -0.2) is 23.9 Å². The summed E-state index contributed by atoms with van der Waals surface area (Å²) < 4.78 is 18.7. The summed E-state index contributed by atoms with van der Waals surface area (Å²) in [4.78, 5) is 12.0. The first-order chi connectivity index (χ1) is 10.9. The molecule has 0 aliphatic carbocycles. The molecule has 0 unspecified atom stereocenters. The van der Waals surface area contributed by atoms with Gasteiger partial charge >= 0.3 is 5.97 Å². The molecule has 23 heavy (non-hydrogen) atoms. The van der Waals surface area contributed by atoms with Crippen LogP contribution in [0.4, 0.5) is 4.39 Å². The molecule has 5 heteroatoms. The molecule has 0 bridgehead atoms. The van der Waals surface area contributed by atoms with Gasteiger partial charge < -0.3 is 9.84 Å². The third-order valence-electron chi connectivity index (χ3n) is 3.67. The average Bonchev–Trinajstić information content (AvgIpc) is 2.51. The van der Waals surface area contributed by atoms with Crippen LogP contribution in [0, 0.1) is 18.2 Å². The van der Waals surface area contributed by atoms with E-state index in [0.717, 1.165) is 19.3 Å². The second kappa shape index (κ2) is 9.08. The first kappa shape index (κ1) is 18.9. The maximum atomic E-state index is 14.0. The molecule has 0 amide bonds. The number of methoxy groups -OCH3 is 1. The fourth-order valence-corrected chi connectivity index (χ4v) is 2.38. The topological polar surface area (TPSA) is 70.4 Å². The molecule has 4 nitrogen and oxygen atoms in total. The minimum atomic E-state index is -0.828. The zero-order valence-electron chi connectivity index (χ0n) is 13.9. The third-order valence-corrected chi connectivity index (χ3v) is 3.67. The van der Waals surface area contributed by atoms with Crippen molar-refractivity contribution >= 4 is 11.7 Å². The van der Waals surface area contributed by atoms with Crippen LogP contribution < -0.4 is 0 Å². The monoisotopic (exact) mass is 321 g/mol. The summed E-state index contributed by atoms with van der Waals surface area (Å²) in [5, 5.41) is 18.4. The van der Waals surface area contributed by atoms with Gasteiger partial charge in [-0.2, -0.15) is 0 Å². The summed E-state index contributed by atoms with van der Waals surface area (Å²) in [6.45, 7) is 3.73. The smallest absolute Gasteiger partial charge is 0.343 e. The minimum Gasteiger partial charge on any atom is -0.511 e. The first-order valence-corrected chi connectivity index (χ1v) is 7.78. The Labute approximate surface area is 136 Å². The molecule has 1 aromatic rings. The fraction of sp³-hybridized carbons (Fsp3) is 0.444. The molecule has 0 saturated carbocycles. The van der Waals surface area contributed by atoms with E-state index in [1.165, 1.54) is 19.2 Å². The van der Waals surface area contributed by atoms with E-state index in [1.54, 1.807) is 13.0 Å². The van der Waals surface area contributed by atoms with E-state index in [9.17, 15) is 14.3 Å². The van der Waals surface area contributed by atoms with Crippen molar-refractivity contribution in [1.82, 2.24) is 0 Å². The molecule has 0 aromatic heterocycles. The van der Waals surface area contributed by atoms with Crippen molar-refractivity contribution in [3.05, 3.63) is 46.5 Å². The number of halogens is 1. The van der Waals surface area contributed by atoms with Crippen LogP contribution in [0.25, 0.3) is 0 Å². The Morgan fingerprint density at radius 3 is 2.57 bits per heavy atom. The van der Waals surface area contributed by atoms with E-state index in [2.05, 4.69) is 11.7 Å². The number of nitrogens with one attached hydrogen (secondary N) is 1. The highest BCUT2D eigenvalue weighted by molar-refractivity contribution is 6.26. The summed E-state index contributed by atoms with van der Waals surface area (Å²) in [5.74, 6) is -1.65. The van der Waals surface area contributed by atoms with Gasteiger partial charge in [-0.05, 0) is 25.0 Å². The maximum absolute atomic E-state index is 14.0. The van der Waals surface area contributed by atoms with E-state index < -0.39 is 11.8 Å². The summed E-state index contributed by atoms with van der Waals surface area (Å²) >= 11 is 0. The van der Waals surface area contributed by atoms with Gasteiger partial charge in [0.05, 0.1) is 12.8 Å². The number of unbranched alkanes of at least 4 members (excludes halogenated alkanes) is 3. The lowest BCUT2D eigenvalue weighted by Crippen LogP contribution is -2.19. The number of hydrogen-bond donors (Lipinski definition) is 2. The number of esters is 1. The van der Waals surface area contributed by atoms with E-state index in [1.807, 2.05) is 0 Å². The number of aryl methyl sites for hydroxylation is 1. The molecule has 0 saturated heterocycles. The Balaban J connectivity index is 3.15. The SMILES string of the molecule is CCCCCC/C(O)=C(/C(=N)c1c(C)cccc1F)C(=O)OC. The molecule has 0 radical (unpaired) electrons. The number of ether oxygens (including phenoxy) is 1. The predicted molar refractivity (Wildman–Crippen MR) is 88.4 cm³/mol. The molecule has 2 N–H and O–H groups in total. The number of benzene rings is 1. The van der Waals surface area contributed by atoms with Gasteiger partial charge in [-0.3, -0.25) is 5.41 Å². The number of hydrogen-bond acceptors (Lipinski definition) is 4. The van der Waals surface area contributed by atoms with Crippen molar-refractivity contribution in [2.24, 2.45) is 0 Å². The quantitative estimate of drug-likeness (QED) is 0.244. The molecular weight excluding hydrogens is 297 g/mol. The first-order valence-electron chi connectivity index (χ1n) is 7.78. The molecule has 0 atom stereocenters. The number of rotatable bonds is 8. The van der Waals surface area contributed by atoms with Gasteiger partial charge in [-0.15, -0.1) is 0 Å². The third kappa shape index (κ3) is 4.91. The van der Waals surface area contributed by atoms with Crippen molar-refractivity contribution in [1.29, 1.82) is 5.41 Å². The average molecular weight is 321 g/mol. The van der Waals surface area contributed by atoms with Crippen LogP contribution in [0.5, 0.6) is 0 Å². The van der Waals surface area contributed by atoms with E-state index >= 15 is 0 Å². The van der Waals surface area contributed by atoms with Crippen LogP contribution in [0.1, 0.15) is 50.2 Å². The van der Waals surface area contributed by atoms with Gasteiger partial charge in [0.25, 0.3) is 0 Å². The van der Waals surface area contributed by atoms with Gasteiger partial charge in [0.2, 0.25) is 0 Å².